The van der Waals surface area contributed by atoms with Gasteiger partial charge < -0.3 is 14.7 Å². The van der Waals surface area contributed by atoms with E-state index < -0.39 is 0 Å². The molecule has 0 aromatic carbocycles. The van der Waals surface area contributed by atoms with E-state index in [-0.39, 0.29) is 24.7 Å². The lowest BCUT2D eigenvalue weighted by Crippen LogP contribution is -2.56. The van der Waals surface area contributed by atoms with Crippen molar-refractivity contribution in [3.63, 3.8) is 0 Å². The molecule has 0 aliphatic carbocycles. The van der Waals surface area contributed by atoms with Crippen molar-refractivity contribution < 1.29 is 14.6 Å². The van der Waals surface area contributed by atoms with Gasteiger partial charge in [-0.1, -0.05) is 0 Å². The number of ether oxygens (including phenoxy) is 1. The number of piperidine rings is 1. The molecule has 0 aromatic rings. The molecule has 2 saturated heterocycles. The van der Waals surface area contributed by atoms with E-state index in [4.69, 9.17) is 4.74 Å². The van der Waals surface area contributed by atoms with Crippen molar-refractivity contribution in [1.29, 1.82) is 0 Å². The van der Waals surface area contributed by atoms with Crippen LogP contribution in [-0.2, 0) is 9.53 Å². The van der Waals surface area contributed by atoms with E-state index in [2.05, 4.69) is 30.6 Å². The molecule has 4 atom stereocenters. The highest BCUT2D eigenvalue weighted by Gasteiger charge is 2.32. The fourth-order valence-corrected chi connectivity index (χ4v) is 3.37. The van der Waals surface area contributed by atoms with E-state index in [9.17, 15) is 9.90 Å². The van der Waals surface area contributed by atoms with Gasteiger partial charge in [-0.15, -0.1) is 0 Å². The highest BCUT2D eigenvalue weighted by Crippen LogP contribution is 2.23. The fraction of sp³-hybridized carbons (Fsp3) is 0.933. The SMILES string of the molecule is CC1COC(CO)CN1CC(=O)N1C(C)CCCC1C. The van der Waals surface area contributed by atoms with Crippen molar-refractivity contribution in [2.45, 2.75) is 64.3 Å². The predicted octanol–water partition coefficient (Wildman–Crippen LogP) is 0.857. The minimum atomic E-state index is -0.157. The summed E-state index contributed by atoms with van der Waals surface area (Å²) in [5.41, 5.74) is 0. The number of carbonyl (C=O) groups is 1. The van der Waals surface area contributed by atoms with Crippen LogP contribution >= 0.6 is 0 Å². The van der Waals surface area contributed by atoms with Crippen molar-refractivity contribution >= 4 is 5.91 Å². The Morgan fingerprint density at radius 2 is 1.85 bits per heavy atom. The molecule has 0 spiro atoms. The Balaban J connectivity index is 1.95. The molecule has 2 aliphatic heterocycles. The third kappa shape index (κ3) is 3.51. The van der Waals surface area contributed by atoms with E-state index in [1.165, 1.54) is 6.42 Å². The van der Waals surface area contributed by atoms with Crippen LogP contribution in [0.5, 0.6) is 0 Å². The van der Waals surface area contributed by atoms with Crippen LogP contribution in [0, 0.1) is 0 Å². The van der Waals surface area contributed by atoms with Crippen LogP contribution in [0.4, 0.5) is 0 Å². The first-order chi connectivity index (χ1) is 9.52. The number of amides is 1. The number of aliphatic hydroxyl groups is 1. The van der Waals surface area contributed by atoms with Crippen LogP contribution in [0.15, 0.2) is 0 Å². The van der Waals surface area contributed by atoms with Crippen LogP contribution in [0.25, 0.3) is 0 Å². The Morgan fingerprint density at radius 1 is 1.20 bits per heavy atom. The zero-order valence-corrected chi connectivity index (χ0v) is 12.9. The average Bonchev–Trinajstić information content (AvgIpc) is 2.41. The molecular formula is C15H28N2O3. The molecule has 0 aromatic heterocycles. The molecule has 1 N–H and O–H groups in total. The number of aliphatic hydroxyl groups excluding tert-OH is 1. The molecular weight excluding hydrogens is 256 g/mol. The van der Waals surface area contributed by atoms with Crippen molar-refractivity contribution in [1.82, 2.24) is 9.80 Å². The molecule has 5 heteroatoms. The van der Waals surface area contributed by atoms with Crippen LogP contribution in [0.2, 0.25) is 0 Å². The first-order valence-electron chi connectivity index (χ1n) is 7.80. The van der Waals surface area contributed by atoms with Gasteiger partial charge in [-0.3, -0.25) is 9.69 Å². The summed E-state index contributed by atoms with van der Waals surface area (Å²) in [6, 6.07) is 0.921. The summed E-state index contributed by atoms with van der Waals surface area (Å²) < 4.78 is 5.52. The Bertz CT molecular complexity index is 327. The molecule has 5 nitrogen and oxygen atoms in total. The maximum absolute atomic E-state index is 12.6. The zero-order valence-electron chi connectivity index (χ0n) is 12.9. The minimum absolute atomic E-state index is 0.0218. The summed E-state index contributed by atoms with van der Waals surface area (Å²) in [7, 11) is 0. The van der Waals surface area contributed by atoms with Gasteiger partial charge >= 0.3 is 0 Å². The van der Waals surface area contributed by atoms with Gasteiger partial charge in [0.25, 0.3) is 0 Å². The molecule has 0 radical (unpaired) electrons. The van der Waals surface area contributed by atoms with Gasteiger partial charge in [0, 0.05) is 24.7 Å². The van der Waals surface area contributed by atoms with Crippen molar-refractivity contribution in [2.24, 2.45) is 0 Å². The molecule has 2 heterocycles. The standard InChI is InChI=1S/C15H28N2O3/c1-11-5-4-6-12(2)17(11)15(19)8-16-7-14(9-18)20-10-13(16)3/h11-14,18H,4-10H2,1-3H3. The molecule has 20 heavy (non-hydrogen) atoms. The van der Waals surface area contributed by atoms with Gasteiger partial charge in [-0.25, -0.2) is 0 Å². The summed E-state index contributed by atoms with van der Waals surface area (Å²) in [6.45, 7) is 8.05. The summed E-state index contributed by atoms with van der Waals surface area (Å²) in [6.07, 6.45) is 3.27. The minimum Gasteiger partial charge on any atom is -0.394 e. The molecule has 2 aliphatic rings. The molecule has 2 rings (SSSR count). The van der Waals surface area contributed by atoms with Gasteiger partial charge in [0.15, 0.2) is 0 Å². The first-order valence-corrected chi connectivity index (χ1v) is 7.80. The Hall–Kier alpha value is -0.650. The maximum atomic E-state index is 12.6. The van der Waals surface area contributed by atoms with Crippen LogP contribution < -0.4 is 0 Å². The molecule has 0 bridgehead atoms. The predicted molar refractivity (Wildman–Crippen MR) is 77.5 cm³/mol. The second-order valence-electron chi connectivity index (χ2n) is 6.35. The van der Waals surface area contributed by atoms with E-state index in [1.807, 2.05) is 0 Å². The van der Waals surface area contributed by atoms with Gasteiger partial charge in [0.2, 0.25) is 5.91 Å². The Labute approximate surface area is 121 Å². The topological polar surface area (TPSA) is 53.0 Å². The number of nitrogens with zero attached hydrogens (tertiary/aromatic N) is 2. The van der Waals surface area contributed by atoms with Gasteiger partial charge in [0.05, 0.1) is 25.9 Å². The summed E-state index contributed by atoms with van der Waals surface area (Å²) in [4.78, 5) is 16.8. The van der Waals surface area contributed by atoms with Crippen molar-refractivity contribution in [3.05, 3.63) is 0 Å². The molecule has 0 saturated carbocycles. The largest absolute Gasteiger partial charge is 0.394 e. The molecule has 1 amide bonds. The summed E-state index contributed by atoms with van der Waals surface area (Å²) in [5.74, 6) is 0.218. The van der Waals surface area contributed by atoms with E-state index in [0.717, 1.165) is 12.8 Å². The lowest BCUT2D eigenvalue weighted by molar-refractivity contribution is -0.143. The van der Waals surface area contributed by atoms with Crippen molar-refractivity contribution in [2.75, 3.05) is 26.3 Å². The van der Waals surface area contributed by atoms with Crippen LogP contribution in [-0.4, -0.2) is 71.3 Å². The maximum Gasteiger partial charge on any atom is 0.237 e. The first kappa shape index (κ1) is 15.7. The van der Waals surface area contributed by atoms with Crippen LogP contribution in [0.1, 0.15) is 40.0 Å². The Kier molecular flexibility index (Phi) is 5.41. The number of likely N-dealkylation sites (tertiary alicyclic amines) is 1. The highest BCUT2D eigenvalue weighted by atomic mass is 16.5. The molecule has 2 fully saturated rings. The lowest BCUT2D eigenvalue weighted by Gasteiger charge is -2.42. The monoisotopic (exact) mass is 284 g/mol. The van der Waals surface area contributed by atoms with E-state index >= 15 is 0 Å². The quantitative estimate of drug-likeness (QED) is 0.835. The molecule has 4 unspecified atom stereocenters. The average molecular weight is 284 g/mol. The smallest absolute Gasteiger partial charge is 0.237 e. The highest BCUT2D eigenvalue weighted by molar-refractivity contribution is 5.79. The van der Waals surface area contributed by atoms with Gasteiger partial charge in [-0.05, 0) is 40.0 Å². The normalized spacial score (nSPS) is 36.1. The van der Waals surface area contributed by atoms with Gasteiger partial charge in [0.1, 0.15) is 0 Å². The van der Waals surface area contributed by atoms with Gasteiger partial charge in [-0.2, -0.15) is 0 Å². The second-order valence-corrected chi connectivity index (χ2v) is 6.35. The number of carbonyl (C=O) groups excluding carboxylic acids is 1. The second kappa shape index (κ2) is 6.87. The van der Waals surface area contributed by atoms with E-state index in [0.29, 0.717) is 31.8 Å². The molecule has 116 valence electrons. The number of hydrogen-bond acceptors (Lipinski definition) is 4. The number of hydrogen-bond donors (Lipinski definition) is 1. The van der Waals surface area contributed by atoms with Crippen molar-refractivity contribution in [3.8, 4) is 0 Å². The zero-order chi connectivity index (χ0) is 14.7. The third-order valence-electron chi connectivity index (χ3n) is 4.66. The summed E-state index contributed by atoms with van der Waals surface area (Å²) >= 11 is 0. The van der Waals surface area contributed by atoms with E-state index in [1.54, 1.807) is 0 Å². The number of morpholine rings is 1. The Morgan fingerprint density at radius 3 is 2.45 bits per heavy atom. The lowest BCUT2D eigenvalue weighted by atomic mass is 9.97. The fourth-order valence-electron chi connectivity index (χ4n) is 3.37. The van der Waals surface area contributed by atoms with Crippen LogP contribution in [0.3, 0.4) is 0 Å². The summed E-state index contributed by atoms with van der Waals surface area (Å²) in [5, 5.41) is 9.22. The number of rotatable bonds is 3. The third-order valence-corrected chi connectivity index (χ3v) is 4.66.